The molecule has 1 aromatic rings. The molecular formula is C26H34N4O3S. The molecule has 3 aliphatic rings. The van der Waals surface area contributed by atoms with Crippen molar-refractivity contribution < 1.29 is 14.3 Å². The second kappa shape index (κ2) is 9.96. The van der Waals surface area contributed by atoms with Crippen molar-refractivity contribution in [1.29, 1.82) is 0 Å². The van der Waals surface area contributed by atoms with Gasteiger partial charge in [-0.25, -0.2) is 9.79 Å². The Labute approximate surface area is 206 Å². The normalized spacial score (nSPS) is 22.4. The summed E-state index contributed by atoms with van der Waals surface area (Å²) >= 11 is 1.51. The van der Waals surface area contributed by atoms with Gasteiger partial charge in [-0.15, -0.1) is 0 Å². The summed E-state index contributed by atoms with van der Waals surface area (Å²) in [6.45, 7) is 9.12. The Balaban J connectivity index is 1.64. The molecule has 0 bridgehead atoms. The standard InChI is InChI=1S/C26H34N4O3S/c1-16(2)33-25(32)23-18(4)27-26-30(24(23)19-9-7-17(3)8-10-19)21(15-34-26)13-22(31)29-12-11-20(14-29)28(5)6/h7-10,15-16,20,24H,11-14H2,1-6H3/t20-,24-/m0/s1. The highest BCUT2D eigenvalue weighted by Crippen LogP contribution is 2.45. The van der Waals surface area contributed by atoms with Crippen LogP contribution in [0.15, 0.2) is 51.6 Å². The monoisotopic (exact) mass is 482 g/mol. The quantitative estimate of drug-likeness (QED) is 0.570. The zero-order valence-electron chi connectivity index (χ0n) is 20.9. The van der Waals surface area contributed by atoms with Gasteiger partial charge in [0, 0.05) is 24.8 Å². The minimum atomic E-state index is -0.387. The number of amides is 1. The molecule has 0 unspecified atom stereocenters. The number of carbonyl (C=O) groups excluding carboxylic acids is 2. The lowest BCUT2D eigenvalue weighted by Gasteiger charge is -2.36. The fraction of sp³-hybridized carbons (Fsp3) is 0.500. The van der Waals surface area contributed by atoms with Crippen LogP contribution in [0.3, 0.4) is 0 Å². The SMILES string of the molecule is CC1=C(C(=O)OC(C)C)[C@H](c2ccc(C)cc2)N2C(CC(=O)N3CC[C@H](N(C)C)C3)=CSC2=N1. The molecule has 0 N–H and O–H groups in total. The number of carbonyl (C=O) groups is 2. The number of rotatable bonds is 6. The summed E-state index contributed by atoms with van der Waals surface area (Å²) < 4.78 is 5.62. The molecule has 3 heterocycles. The molecule has 3 aliphatic heterocycles. The number of allylic oxidation sites excluding steroid dienone is 1. The summed E-state index contributed by atoms with van der Waals surface area (Å²) in [6, 6.07) is 8.19. The van der Waals surface area contributed by atoms with Crippen molar-refractivity contribution in [3.63, 3.8) is 0 Å². The molecule has 0 aromatic heterocycles. The maximum Gasteiger partial charge on any atom is 0.338 e. The van der Waals surface area contributed by atoms with E-state index in [-0.39, 0.29) is 30.4 Å². The van der Waals surface area contributed by atoms with E-state index in [1.165, 1.54) is 11.8 Å². The predicted octanol–water partition coefficient (Wildman–Crippen LogP) is 4.07. The molecule has 1 saturated heterocycles. The van der Waals surface area contributed by atoms with Crippen molar-refractivity contribution in [2.24, 2.45) is 4.99 Å². The number of ether oxygens (including phenoxy) is 1. The topological polar surface area (TPSA) is 65.5 Å². The number of fused-ring (bicyclic) bond motifs is 1. The number of likely N-dealkylation sites (tertiary alicyclic amines) is 1. The van der Waals surface area contributed by atoms with Crippen LogP contribution >= 0.6 is 11.8 Å². The van der Waals surface area contributed by atoms with Crippen LogP contribution in [0, 0.1) is 6.92 Å². The number of aryl methyl sites for hydroxylation is 1. The van der Waals surface area contributed by atoms with Gasteiger partial charge in [0.15, 0.2) is 5.17 Å². The smallest absolute Gasteiger partial charge is 0.338 e. The van der Waals surface area contributed by atoms with Crippen LogP contribution in [0.4, 0.5) is 0 Å². The van der Waals surface area contributed by atoms with Crippen LogP contribution < -0.4 is 0 Å². The molecule has 7 nitrogen and oxygen atoms in total. The molecule has 0 spiro atoms. The molecule has 182 valence electrons. The van der Waals surface area contributed by atoms with Crippen molar-refractivity contribution in [3.8, 4) is 0 Å². The summed E-state index contributed by atoms with van der Waals surface area (Å²) in [5.41, 5.74) is 4.17. The van der Waals surface area contributed by atoms with E-state index in [1.54, 1.807) is 0 Å². The third kappa shape index (κ3) is 4.93. The van der Waals surface area contributed by atoms with E-state index >= 15 is 0 Å². The first-order valence-electron chi connectivity index (χ1n) is 11.8. The highest BCUT2D eigenvalue weighted by atomic mass is 32.2. The van der Waals surface area contributed by atoms with Crippen molar-refractivity contribution in [2.45, 2.75) is 58.7 Å². The van der Waals surface area contributed by atoms with Gasteiger partial charge in [-0.1, -0.05) is 41.6 Å². The van der Waals surface area contributed by atoms with E-state index in [2.05, 4.69) is 23.9 Å². The first kappa shape index (κ1) is 24.5. The second-order valence-corrected chi connectivity index (χ2v) is 10.5. The Hall–Kier alpha value is -2.58. The van der Waals surface area contributed by atoms with Gasteiger partial charge >= 0.3 is 5.97 Å². The maximum atomic E-state index is 13.2. The second-order valence-electron chi connectivity index (χ2n) is 9.68. The van der Waals surface area contributed by atoms with Crippen molar-refractivity contribution >= 4 is 28.8 Å². The zero-order chi connectivity index (χ0) is 24.6. The number of esters is 1. The van der Waals surface area contributed by atoms with Crippen molar-refractivity contribution in [3.05, 3.63) is 57.8 Å². The van der Waals surface area contributed by atoms with E-state index in [0.717, 1.165) is 41.5 Å². The van der Waals surface area contributed by atoms with Crippen LogP contribution in [0.2, 0.25) is 0 Å². The first-order valence-corrected chi connectivity index (χ1v) is 12.7. The van der Waals surface area contributed by atoms with Crippen LogP contribution in [-0.2, 0) is 14.3 Å². The van der Waals surface area contributed by atoms with E-state index in [1.807, 2.05) is 62.3 Å². The number of nitrogens with zero attached hydrogens (tertiary/aromatic N) is 4. The summed E-state index contributed by atoms with van der Waals surface area (Å²) in [4.78, 5) is 37.4. The first-order chi connectivity index (χ1) is 16.2. The van der Waals surface area contributed by atoms with E-state index < -0.39 is 0 Å². The molecule has 0 saturated carbocycles. The largest absolute Gasteiger partial charge is 0.459 e. The Kier molecular flexibility index (Phi) is 7.19. The Bertz CT molecular complexity index is 1060. The number of benzene rings is 1. The Morgan fingerprint density at radius 1 is 1.21 bits per heavy atom. The molecule has 2 atom stereocenters. The van der Waals surface area contributed by atoms with Gasteiger partial charge in [-0.2, -0.15) is 0 Å². The third-order valence-electron chi connectivity index (χ3n) is 6.54. The van der Waals surface area contributed by atoms with E-state index in [0.29, 0.717) is 17.3 Å². The highest BCUT2D eigenvalue weighted by Gasteiger charge is 2.42. The number of thioether (sulfide) groups is 1. The highest BCUT2D eigenvalue weighted by molar-refractivity contribution is 8.16. The molecule has 8 heteroatoms. The van der Waals surface area contributed by atoms with Gasteiger partial charge in [0.05, 0.1) is 29.8 Å². The lowest BCUT2D eigenvalue weighted by molar-refractivity contribution is -0.143. The fourth-order valence-corrected chi connectivity index (χ4v) is 5.59. The lowest BCUT2D eigenvalue weighted by atomic mass is 9.93. The van der Waals surface area contributed by atoms with E-state index in [4.69, 9.17) is 9.73 Å². The van der Waals surface area contributed by atoms with Crippen molar-refractivity contribution in [1.82, 2.24) is 14.7 Å². The van der Waals surface area contributed by atoms with Gasteiger partial charge in [-0.05, 0) is 59.2 Å². The molecule has 4 rings (SSSR count). The molecule has 1 aromatic carbocycles. The van der Waals surface area contributed by atoms with Gasteiger partial charge in [0.25, 0.3) is 0 Å². The molecule has 0 aliphatic carbocycles. The van der Waals surface area contributed by atoms with Crippen LogP contribution in [-0.4, -0.2) is 71.1 Å². The third-order valence-corrected chi connectivity index (χ3v) is 7.42. The maximum absolute atomic E-state index is 13.2. The van der Waals surface area contributed by atoms with Crippen molar-refractivity contribution in [2.75, 3.05) is 27.2 Å². The molecule has 1 amide bonds. The van der Waals surface area contributed by atoms with Gasteiger partial charge in [0.2, 0.25) is 5.91 Å². The fourth-order valence-electron chi connectivity index (χ4n) is 4.63. The number of hydrogen-bond acceptors (Lipinski definition) is 7. The summed E-state index contributed by atoms with van der Waals surface area (Å²) in [6.07, 6.45) is 1.03. The summed E-state index contributed by atoms with van der Waals surface area (Å²) in [7, 11) is 4.12. The lowest BCUT2D eigenvalue weighted by Crippen LogP contribution is -2.39. The summed E-state index contributed by atoms with van der Waals surface area (Å²) in [5, 5.41) is 2.79. The van der Waals surface area contributed by atoms with Gasteiger partial charge < -0.3 is 19.4 Å². The molecule has 34 heavy (non-hydrogen) atoms. The number of likely N-dealkylation sites (N-methyl/N-ethyl adjacent to an activating group) is 1. The molecule has 1 fully saturated rings. The number of amidine groups is 1. The average Bonchev–Trinajstić information content (AvgIpc) is 3.41. The van der Waals surface area contributed by atoms with Gasteiger partial charge in [0.1, 0.15) is 0 Å². The van der Waals surface area contributed by atoms with Crippen LogP contribution in [0.5, 0.6) is 0 Å². The molecular weight excluding hydrogens is 448 g/mol. The number of hydrogen-bond donors (Lipinski definition) is 0. The Morgan fingerprint density at radius 2 is 1.91 bits per heavy atom. The van der Waals surface area contributed by atoms with Gasteiger partial charge in [-0.3, -0.25) is 4.79 Å². The molecule has 0 radical (unpaired) electrons. The number of aliphatic imine (C=N–C) groups is 1. The minimum absolute atomic E-state index is 0.109. The zero-order valence-corrected chi connectivity index (χ0v) is 21.7. The van der Waals surface area contributed by atoms with Crippen LogP contribution in [0.1, 0.15) is 50.8 Å². The predicted molar refractivity (Wildman–Crippen MR) is 136 cm³/mol. The summed E-state index contributed by atoms with van der Waals surface area (Å²) in [5.74, 6) is -0.255. The Morgan fingerprint density at radius 3 is 2.53 bits per heavy atom. The van der Waals surface area contributed by atoms with Crippen LogP contribution in [0.25, 0.3) is 0 Å². The minimum Gasteiger partial charge on any atom is -0.459 e. The average molecular weight is 483 g/mol. The van der Waals surface area contributed by atoms with E-state index in [9.17, 15) is 9.59 Å².